The maximum atomic E-state index is 3.80. The van der Waals surface area contributed by atoms with Crippen molar-refractivity contribution in [2.75, 3.05) is 27.7 Å². The summed E-state index contributed by atoms with van der Waals surface area (Å²) >= 11 is 0. The van der Waals surface area contributed by atoms with E-state index in [1.165, 1.54) is 19.4 Å². The second kappa shape index (κ2) is 3.89. The highest BCUT2D eigenvalue weighted by Crippen LogP contribution is 1.98. The van der Waals surface area contributed by atoms with E-state index >= 15 is 0 Å². The molecule has 9 heavy (non-hydrogen) atoms. The van der Waals surface area contributed by atoms with E-state index in [4.69, 9.17) is 0 Å². The first-order valence-electron chi connectivity index (χ1n) is 3.66. The van der Waals surface area contributed by atoms with Gasteiger partial charge in [0.05, 0.1) is 27.7 Å². The van der Waals surface area contributed by atoms with Crippen molar-refractivity contribution in [3.8, 4) is 0 Å². The van der Waals surface area contributed by atoms with Crippen LogP contribution in [-0.2, 0) is 0 Å². The highest BCUT2D eigenvalue weighted by atomic mass is 15.3. The van der Waals surface area contributed by atoms with Crippen molar-refractivity contribution in [1.29, 1.82) is 0 Å². The summed E-state index contributed by atoms with van der Waals surface area (Å²) in [4.78, 5) is 0. The normalized spacial score (nSPS) is 12.0. The fraction of sp³-hybridized carbons (Fsp3) is 0.875. The molecule has 0 rings (SSSR count). The Morgan fingerprint density at radius 3 is 2.00 bits per heavy atom. The van der Waals surface area contributed by atoms with Gasteiger partial charge in [-0.2, -0.15) is 0 Å². The fourth-order valence-electron chi connectivity index (χ4n) is 0.763. The highest BCUT2D eigenvalue weighted by Gasteiger charge is 2.03. The van der Waals surface area contributed by atoms with Crippen LogP contribution in [0, 0.1) is 6.92 Å². The van der Waals surface area contributed by atoms with Gasteiger partial charge in [-0.05, 0) is 12.8 Å². The van der Waals surface area contributed by atoms with Crippen molar-refractivity contribution in [2.45, 2.75) is 19.3 Å². The first-order chi connectivity index (χ1) is 4.06. The molecule has 0 aromatic heterocycles. The van der Waals surface area contributed by atoms with Gasteiger partial charge in [-0.1, -0.05) is 13.3 Å². The molecular formula is C8H19N+. The number of hydrogen-bond donors (Lipinski definition) is 0. The zero-order valence-corrected chi connectivity index (χ0v) is 6.98. The lowest BCUT2D eigenvalue weighted by Gasteiger charge is -2.23. The Balaban J connectivity index is 3.07. The molecule has 0 aliphatic heterocycles. The standard InChI is InChI=1S/C8H19N/c1-5-6-7-8-9(2,3)4/h1,5-8H2,2-4H3/q+1. The largest absolute Gasteiger partial charge is 0.331 e. The molecule has 0 aromatic rings. The van der Waals surface area contributed by atoms with Crippen LogP contribution in [-0.4, -0.2) is 32.2 Å². The molecule has 0 N–H and O–H groups in total. The van der Waals surface area contributed by atoms with Gasteiger partial charge in [-0.15, -0.1) is 0 Å². The van der Waals surface area contributed by atoms with E-state index in [0.717, 1.165) is 10.9 Å². The zero-order valence-electron chi connectivity index (χ0n) is 6.98. The smallest absolute Gasteiger partial charge is 0.0780 e. The molecule has 1 nitrogen and oxygen atoms in total. The van der Waals surface area contributed by atoms with Gasteiger partial charge in [0.2, 0.25) is 0 Å². The molecule has 0 aromatic carbocycles. The minimum absolute atomic E-state index is 1.08. The van der Waals surface area contributed by atoms with E-state index in [1.807, 2.05) is 0 Å². The van der Waals surface area contributed by atoms with Crippen LogP contribution < -0.4 is 0 Å². The number of unbranched alkanes of at least 4 members (excludes halogenated alkanes) is 2. The van der Waals surface area contributed by atoms with Gasteiger partial charge in [0.25, 0.3) is 0 Å². The molecule has 0 spiro atoms. The molecular weight excluding hydrogens is 110 g/mol. The lowest BCUT2D eigenvalue weighted by molar-refractivity contribution is -0.870. The summed E-state index contributed by atoms with van der Waals surface area (Å²) in [5.41, 5.74) is 0. The summed E-state index contributed by atoms with van der Waals surface area (Å²) < 4.78 is 1.08. The van der Waals surface area contributed by atoms with Gasteiger partial charge < -0.3 is 4.48 Å². The second-order valence-corrected chi connectivity index (χ2v) is 3.57. The van der Waals surface area contributed by atoms with Crippen LogP contribution in [0.4, 0.5) is 0 Å². The fourth-order valence-corrected chi connectivity index (χ4v) is 0.763. The molecule has 1 radical (unpaired) electrons. The van der Waals surface area contributed by atoms with Gasteiger partial charge in [0.15, 0.2) is 0 Å². The van der Waals surface area contributed by atoms with E-state index in [1.54, 1.807) is 0 Å². The predicted octanol–water partition coefficient (Wildman–Crippen LogP) is 1.70. The van der Waals surface area contributed by atoms with Crippen molar-refractivity contribution in [2.24, 2.45) is 0 Å². The third-order valence-corrected chi connectivity index (χ3v) is 1.33. The Morgan fingerprint density at radius 2 is 1.67 bits per heavy atom. The van der Waals surface area contributed by atoms with Crippen molar-refractivity contribution in [3.63, 3.8) is 0 Å². The Morgan fingerprint density at radius 1 is 1.11 bits per heavy atom. The van der Waals surface area contributed by atoms with Crippen LogP contribution in [0.2, 0.25) is 0 Å². The third-order valence-electron chi connectivity index (χ3n) is 1.33. The highest BCUT2D eigenvalue weighted by molar-refractivity contribution is 4.40. The molecule has 0 fully saturated rings. The summed E-state index contributed by atoms with van der Waals surface area (Å²) in [6.07, 6.45) is 3.67. The molecule has 55 valence electrons. The maximum absolute atomic E-state index is 3.80. The summed E-state index contributed by atoms with van der Waals surface area (Å²) in [7, 11) is 6.68. The van der Waals surface area contributed by atoms with E-state index in [2.05, 4.69) is 28.1 Å². The van der Waals surface area contributed by atoms with Gasteiger partial charge in [0.1, 0.15) is 0 Å². The lowest BCUT2D eigenvalue weighted by atomic mass is 10.2. The third kappa shape index (κ3) is 7.96. The average Bonchev–Trinajstić information content (AvgIpc) is 1.63. The molecule has 0 unspecified atom stereocenters. The Labute approximate surface area is 59.3 Å². The Hall–Kier alpha value is -0.0400. The molecule has 0 saturated heterocycles. The van der Waals surface area contributed by atoms with Crippen LogP contribution in [0.5, 0.6) is 0 Å². The summed E-state index contributed by atoms with van der Waals surface area (Å²) in [6.45, 7) is 5.07. The van der Waals surface area contributed by atoms with Gasteiger partial charge in [-0.3, -0.25) is 0 Å². The van der Waals surface area contributed by atoms with Crippen molar-refractivity contribution in [3.05, 3.63) is 6.92 Å². The molecule has 0 atom stereocenters. The van der Waals surface area contributed by atoms with E-state index < -0.39 is 0 Å². The Kier molecular flexibility index (Phi) is 3.87. The number of rotatable bonds is 4. The van der Waals surface area contributed by atoms with Crippen LogP contribution >= 0.6 is 0 Å². The van der Waals surface area contributed by atoms with E-state index in [-0.39, 0.29) is 0 Å². The van der Waals surface area contributed by atoms with Gasteiger partial charge >= 0.3 is 0 Å². The van der Waals surface area contributed by atoms with Crippen LogP contribution in [0.1, 0.15) is 19.3 Å². The summed E-state index contributed by atoms with van der Waals surface area (Å²) in [5.74, 6) is 0. The topological polar surface area (TPSA) is 0 Å². The predicted molar refractivity (Wildman–Crippen MR) is 42.1 cm³/mol. The molecule has 0 aliphatic rings. The minimum atomic E-state index is 1.08. The number of nitrogens with zero attached hydrogens (tertiary/aromatic N) is 1. The quantitative estimate of drug-likeness (QED) is 0.400. The molecule has 0 heterocycles. The first-order valence-corrected chi connectivity index (χ1v) is 3.66. The SMILES string of the molecule is [CH2]CCCC[N+](C)(C)C. The second-order valence-electron chi connectivity index (χ2n) is 3.57. The molecule has 1 heteroatoms. The number of quaternary nitrogens is 1. The van der Waals surface area contributed by atoms with Gasteiger partial charge in [0, 0.05) is 0 Å². The van der Waals surface area contributed by atoms with Crippen LogP contribution in [0.3, 0.4) is 0 Å². The summed E-state index contributed by atoms with van der Waals surface area (Å²) in [6, 6.07) is 0. The Bertz CT molecular complexity index is 61.5. The molecule has 0 bridgehead atoms. The van der Waals surface area contributed by atoms with Gasteiger partial charge in [-0.25, -0.2) is 0 Å². The van der Waals surface area contributed by atoms with Crippen molar-refractivity contribution in [1.82, 2.24) is 0 Å². The van der Waals surface area contributed by atoms with Crippen LogP contribution in [0.15, 0.2) is 0 Å². The van der Waals surface area contributed by atoms with Crippen molar-refractivity contribution < 1.29 is 4.48 Å². The van der Waals surface area contributed by atoms with Crippen molar-refractivity contribution >= 4 is 0 Å². The monoisotopic (exact) mass is 129 g/mol. The zero-order chi connectivity index (χ0) is 7.33. The molecule has 0 aliphatic carbocycles. The lowest BCUT2D eigenvalue weighted by Crippen LogP contribution is -2.35. The van der Waals surface area contributed by atoms with E-state index in [9.17, 15) is 0 Å². The first kappa shape index (κ1) is 8.96. The minimum Gasteiger partial charge on any atom is -0.331 e. The molecule has 0 saturated carbocycles. The summed E-state index contributed by atoms with van der Waals surface area (Å²) in [5, 5.41) is 0. The number of hydrogen-bond acceptors (Lipinski definition) is 0. The molecule has 0 amide bonds. The maximum Gasteiger partial charge on any atom is 0.0780 e. The van der Waals surface area contributed by atoms with Crippen LogP contribution in [0.25, 0.3) is 0 Å². The average molecular weight is 129 g/mol. The van der Waals surface area contributed by atoms with E-state index in [0.29, 0.717) is 0 Å².